The van der Waals surface area contributed by atoms with E-state index in [0.717, 1.165) is 5.56 Å². The van der Waals surface area contributed by atoms with Gasteiger partial charge in [-0.3, -0.25) is 4.68 Å². The number of aromatic nitrogens is 2. The van der Waals surface area contributed by atoms with E-state index in [1.165, 1.54) is 18.2 Å². The predicted octanol–water partition coefficient (Wildman–Crippen LogP) is 1.88. The Labute approximate surface area is 109 Å². The average Bonchev–Trinajstić information content (AvgIpc) is 2.77. The van der Waals surface area contributed by atoms with Gasteiger partial charge < -0.3 is 9.84 Å². The van der Waals surface area contributed by atoms with E-state index >= 15 is 0 Å². The number of aromatic carboxylic acids is 1. The smallest absolute Gasteiger partial charge is 0.339 e. The molecule has 1 aromatic carbocycles. The van der Waals surface area contributed by atoms with E-state index in [9.17, 15) is 9.18 Å². The molecule has 6 heteroatoms. The summed E-state index contributed by atoms with van der Waals surface area (Å²) < 4.78 is 20.4. The number of carboxylic acids is 1. The van der Waals surface area contributed by atoms with Gasteiger partial charge >= 0.3 is 5.97 Å². The fraction of sp³-hybridized carbons (Fsp3) is 0.231. The lowest BCUT2D eigenvalue weighted by Crippen LogP contribution is -2.07. The molecular formula is C13H13FN2O3. The third-order valence-electron chi connectivity index (χ3n) is 2.59. The quantitative estimate of drug-likeness (QED) is 0.895. The third-order valence-corrected chi connectivity index (χ3v) is 2.59. The number of benzene rings is 1. The molecule has 1 heterocycles. The van der Waals surface area contributed by atoms with Gasteiger partial charge in [-0.1, -0.05) is 6.07 Å². The molecule has 0 amide bonds. The lowest BCUT2D eigenvalue weighted by molar-refractivity contribution is 0.0691. The molecule has 0 atom stereocenters. The summed E-state index contributed by atoms with van der Waals surface area (Å²) >= 11 is 0. The molecule has 0 aliphatic rings. The number of ether oxygens (including phenoxy) is 1. The summed E-state index contributed by atoms with van der Waals surface area (Å²) in [4.78, 5) is 11.0. The summed E-state index contributed by atoms with van der Waals surface area (Å²) in [6, 6.07) is 3.82. The van der Waals surface area contributed by atoms with E-state index in [4.69, 9.17) is 9.84 Å². The van der Waals surface area contributed by atoms with Gasteiger partial charge in [-0.2, -0.15) is 5.10 Å². The molecule has 0 aliphatic heterocycles. The summed E-state index contributed by atoms with van der Waals surface area (Å²) in [5.41, 5.74) is 0.766. The van der Waals surface area contributed by atoms with E-state index in [1.54, 1.807) is 17.9 Å². The number of nitrogens with zero attached hydrogens (tertiary/aromatic N) is 2. The highest BCUT2D eigenvalue weighted by atomic mass is 19.1. The van der Waals surface area contributed by atoms with Crippen LogP contribution in [-0.4, -0.2) is 27.5 Å². The normalized spacial score (nSPS) is 10.4. The summed E-state index contributed by atoms with van der Waals surface area (Å²) in [5.74, 6) is -2.11. The number of rotatable bonds is 5. The number of carbonyl (C=O) groups is 1. The van der Waals surface area contributed by atoms with Gasteiger partial charge in [0.2, 0.25) is 0 Å². The minimum Gasteiger partial charge on any atom is -0.489 e. The van der Waals surface area contributed by atoms with Crippen molar-refractivity contribution in [3.05, 3.63) is 47.5 Å². The number of aryl methyl sites for hydroxylation is 1. The topological polar surface area (TPSA) is 64.3 Å². The first-order chi connectivity index (χ1) is 9.08. The van der Waals surface area contributed by atoms with Crippen molar-refractivity contribution in [3.63, 3.8) is 0 Å². The van der Waals surface area contributed by atoms with E-state index in [2.05, 4.69) is 5.10 Å². The molecule has 1 aromatic heterocycles. The van der Waals surface area contributed by atoms with Gasteiger partial charge in [-0.25, -0.2) is 9.18 Å². The molecule has 0 bridgehead atoms. The van der Waals surface area contributed by atoms with Crippen LogP contribution in [0.5, 0.6) is 5.75 Å². The zero-order valence-corrected chi connectivity index (χ0v) is 10.3. The fourth-order valence-electron chi connectivity index (χ4n) is 1.70. The van der Waals surface area contributed by atoms with Crippen LogP contribution in [0.1, 0.15) is 15.9 Å². The Morgan fingerprint density at radius 1 is 1.53 bits per heavy atom. The highest BCUT2D eigenvalue weighted by molar-refractivity contribution is 5.90. The molecule has 5 nitrogen and oxygen atoms in total. The average molecular weight is 264 g/mol. The Balaban J connectivity index is 2.05. The predicted molar refractivity (Wildman–Crippen MR) is 65.8 cm³/mol. The molecule has 0 aliphatic carbocycles. The van der Waals surface area contributed by atoms with Crippen LogP contribution in [0.25, 0.3) is 0 Å². The minimum atomic E-state index is -1.21. The minimum absolute atomic E-state index is 0.175. The Kier molecular flexibility index (Phi) is 3.79. The van der Waals surface area contributed by atoms with Gasteiger partial charge in [0.05, 0.1) is 12.8 Å². The third kappa shape index (κ3) is 3.09. The van der Waals surface area contributed by atoms with Crippen molar-refractivity contribution in [2.75, 3.05) is 6.61 Å². The highest BCUT2D eigenvalue weighted by Crippen LogP contribution is 2.22. The van der Waals surface area contributed by atoms with Crippen molar-refractivity contribution in [2.45, 2.75) is 6.42 Å². The van der Waals surface area contributed by atoms with Gasteiger partial charge in [-0.05, 0) is 17.7 Å². The first kappa shape index (κ1) is 13.1. The fourth-order valence-corrected chi connectivity index (χ4v) is 1.70. The molecule has 19 heavy (non-hydrogen) atoms. The number of para-hydroxylation sites is 1. The molecule has 0 spiro atoms. The van der Waals surface area contributed by atoms with Crippen LogP contribution < -0.4 is 4.74 Å². The Morgan fingerprint density at radius 3 is 2.95 bits per heavy atom. The van der Waals surface area contributed by atoms with Crippen LogP contribution in [0.2, 0.25) is 0 Å². The number of hydrogen-bond donors (Lipinski definition) is 1. The van der Waals surface area contributed by atoms with E-state index in [0.29, 0.717) is 6.42 Å². The zero-order valence-electron chi connectivity index (χ0n) is 10.3. The van der Waals surface area contributed by atoms with Crippen molar-refractivity contribution < 1.29 is 19.0 Å². The maximum absolute atomic E-state index is 13.5. The first-order valence-electron chi connectivity index (χ1n) is 5.70. The molecule has 0 saturated carbocycles. The zero-order chi connectivity index (χ0) is 13.8. The van der Waals surface area contributed by atoms with E-state index < -0.39 is 11.8 Å². The van der Waals surface area contributed by atoms with Crippen molar-refractivity contribution in [1.82, 2.24) is 9.78 Å². The van der Waals surface area contributed by atoms with Gasteiger partial charge in [-0.15, -0.1) is 0 Å². The van der Waals surface area contributed by atoms with Crippen molar-refractivity contribution in [1.29, 1.82) is 0 Å². The monoisotopic (exact) mass is 264 g/mol. The van der Waals surface area contributed by atoms with Gasteiger partial charge in [0, 0.05) is 19.7 Å². The number of carboxylic acid groups (broad SMARTS) is 1. The highest BCUT2D eigenvalue weighted by Gasteiger charge is 2.15. The maximum atomic E-state index is 13.5. The second-order valence-corrected chi connectivity index (χ2v) is 4.04. The van der Waals surface area contributed by atoms with Gasteiger partial charge in [0.1, 0.15) is 5.56 Å². The van der Waals surface area contributed by atoms with E-state index in [-0.39, 0.29) is 17.9 Å². The summed E-state index contributed by atoms with van der Waals surface area (Å²) in [5, 5.41) is 12.9. The van der Waals surface area contributed by atoms with E-state index in [1.807, 2.05) is 6.20 Å². The second kappa shape index (κ2) is 5.51. The maximum Gasteiger partial charge on any atom is 0.339 e. The van der Waals surface area contributed by atoms with Crippen molar-refractivity contribution in [2.24, 2.45) is 7.05 Å². The summed E-state index contributed by atoms with van der Waals surface area (Å²) in [7, 11) is 1.80. The Bertz CT molecular complexity index is 595. The van der Waals surface area contributed by atoms with Crippen LogP contribution in [0.15, 0.2) is 30.6 Å². The molecule has 0 fully saturated rings. The molecule has 2 aromatic rings. The van der Waals surface area contributed by atoms with Crippen LogP contribution in [0, 0.1) is 5.82 Å². The Hall–Kier alpha value is -2.37. The van der Waals surface area contributed by atoms with Crippen LogP contribution in [-0.2, 0) is 13.5 Å². The first-order valence-corrected chi connectivity index (χ1v) is 5.70. The summed E-state index contributed by atoms with van der Waals surface area (Å²) in [6.45, 7) is 0.187. The van der Waals surface area contributed by atoms with Gasteiger partial charge in [0.15, 0.2) is 11.6 Å². The summed E-state index contributed by atoms with van der Waals surface area (Å²) in [6.07, 6.45) is 4.03. The molecule has 100 valence electrons. The molecule has 0 unspecified atom stereocenters. The number of hydrogen-bond acceptors (Lipinski definition) is 3. The molecule has 2 rings (SSSR count). The standard InChI is InChI=1S/C13H13FN2O3/c1-16-8-9(7-15-16)5-6-19-12-10(13(17)18)3-2-4-11(12)14/h2-4,7-8H,5-6H2,1H3,(H,17,18). The largest absolute Gasteiger partial charge is 0.489 e. The van der Waals surface area contributed by atoms with Crippen LogP contribution in [0.3, 0.4) is 0 Å². The Morgan fingerprint density at radius 2 is 2.32 bits per heavy atom. The van der Waals surface area contributed by atoms with Gasteiger partial charge in [0.25, 0.3) is 0 Å². The molecular weight excluding hydrogens is 251 g/mol. The second-order valence-electron chi connectivity index (χ2n) is 4.04. The van der Waals surface area contributed by atoms with Crippen molar-refractivity contribution >= 4 is 5.97 Å². The lowest BCUT2D eigenvalue weighted by atomic mass is 10.2. The molecule has 1 N–H and O–H groups in total. The van der Waals surface area contributed by atoms with Crippen LogP contribution >= 0.6 is 0 Å². The SMILES string of the molecule is Cn1cc(CCOc2c(F)cccc2C(=O)O)cn1. The number of halogens is 1. The molecule has 0 radical (unpaired) electrons. The molecule has 0 saturated heterocycles. The lowest BCUT2D eigenvalue weighted by Gasteiger charge is -2.09. The van der Waals surface area contributed by atoms with Crippen LogP contribution in [0.4, 0.5) is 4.39 Å². The van der Waals surface area contributed by atoms with Crippen molar-refractivity contribution in [3.8, 4) is 5.75 Å².